The van der Waals surface area contributed by atoms with Gasteiger partial charge in [-0.3, -0.25) is 4.79 Å². The van der Waals surface area contributed by atoms with E-state index in [0.29, 0.717) is 16.3 Å². The van der Waals surface area contributed by atoms with Gasteiger partial charge in [0.05, 0.1) is 0 Å². The molecule has 0 fully saturated rings. The summed E-state index contributed by atoms with van der Waals surface area (Å²) in [5.74, 6) is 0. The molecule has 0 radical (unpaired) electrons. The van der Waals surface area contributed by atoms with Crippen LogP contribution in [0, 0.1) is 13.8 Å². The fourth-order valence-electron chi connectivity index (χ4n) is 2.57. The van der Waals surface area contributed by atoms with Gasteiger partial charge in [0.1, 0.15) is 0 Å². The molecular weight excluding hydrogens is 338 g/mol. The zero-order valence-electron chi connectivity index (χ0n) is 13.9. The molecule has 128 valence electrons. The minimum atomic E-state index is -0.401. The molecule has 0 saturated carbocycles. The second-order valence-corrected chi connectivity index (χ2v) is 6.40. The number of halogens is 1. The molecule has 0 aliphatic heterocycles. The number of nitrogens with one attached hydrogen (secondary N) is 3. The maximum atomic E-state index is 12.2. The molecule has 3 rings (SSSR count). The fourth-order valence-corrected chi connectivity index (χ4v) is 2.76. The number of carbonyl (C=O) groups is 1. The van der Waals surface area contributed by atoms with E-state index in [9.17, 15) is 9.59 Å². The summed E-state index contributed by atoms with van der Waals surface area (Å²) in [6.07, 6.45) is 0. The summed E-state index contributed by atoms with van der Waals surface area (Å²) in [6, 6.07) is 12.2. The molecule has 1 heterocycles. The minimum absolute atomic E-state index is 0.130. The molecule has 0 unspecified atom stereocenters. The Labute approximate surface area is 150 Å². The highest BCUT2D eigenvalue weighted by molar-refractivity contribution is 6.30. The number of aromatic amines is 1. The van der Waals surface area contributed by atoms with Crippen molar-refractivity contribution in [1.29, 1.82) is 0 Å². The molecule has 3 N–H and O–H groups in total. The van der Waals surface area contributed by atoms with Crippen LogP contribution in [0.25, 0.3) is 10.9 Å². The van der Waals surface area contributed by atoms with E-state index in [1.807, 2.05) is 26.0 Å². The number of urea groups is 1. The molecule has 6 heteroatoms. The lowest BCUT2D eigenvalue weighted by Gasteiger charge is -2.09. The maximum Gasteiger partial charge on any atom is 0.319 e. The molecule has 0 spiro atoms. The first-order valence-corrected chi connectivity index (χ1v) is 8.24. The monoisotopic (exact) mass is 355 g/mol. The third kappa shape index (κ3) is 4.00. The zero-order chi connectivity index (χ0) is 18.0. The standard InChI is InChI=1S/C19H18ClN3O2/c1-11-6-13-8-14(18(24)23-17(13)7-12(11)2)10-21-19(25)22-16-5-3-4-15(20)9-16/h3-9H,10H2,1-2H3,(H,23,24)(H2,21,22,25). The molecule has 2 amide bonds. The molecule has 0 aliphatic carbocycles. The molecule has 0 atom stereocenters. The Balaban J connectivity index is 1.74. The van der Waals surface area contributed by atoms with Gasteiger partial charge in [-0.05, 0) is 66.8 Å². The largest absolute Gasteiger partial charge is 0.334 e. The van der Waals surface area contributed by atoms with Gasteiger partial charge in [0, 0.05) is 28.3 Å². The van der Waals surface area contributed by atoms with E-state index in [-0.39, 0.29) is 12.1 Å². The number of hydrogen-bond acceptors (Lipinski definition) is 2. The number of aryl methyl sites for hydroxylation is 2. The highest BCUT2D eigenvalue weighted by atomic mass is 35.5. The van der Waals surface area contributed by atoms with Gasteiger partial charge in [0.15, 0.2) is 0 Å². The molecule has 0 aliphatic rings. The predicted molar refractivity (Wildman–Crippen MR) is 101 cm³/mol. The first-order valence-electron chi connectivity index (χ1n) is 7.86. The zero-order valence-corrected chi connectivity index (χ0v) is 14.7. The van der Waals surface area contributed by atoms with E-state index in [0.717, 1.165) is 22.0 Å². The molecular formula is C19H18ClN3O2. The van der Waals surface area contributed by atoms with Crippen LogP contribution in [0.3, 0.4) is 0 Å². The van der Waals surface area contributed by atoms with Crippen molar-refractivity contribution in [2.75, 3.05) is 5.32 Å². The molecule has 25 heavy (non-hydrogen) atoms. The Morgan fingerprint density at radius 2 is 1.88 bits per heavy atom. The Bertz CT molecular complexity index is 1010. The first-order chi connectivity index (χ1) is 11.9. The van der Waals surface area contributed by atoms with Crippen LogP contribution < -0.4 is 16.2 Å². The van der Waals surface area contributed by atoms with Gasteiger partial charge < -0.3 is 15.6 Å². The summed E-state index contributed by atoms with van der Waals surface area (Å²) >= 11 is 5.88. The van der Waals surface area contributed by atoms with Crippen molar-refractivity contribution in [3.8, 4) is 0 Å². The van der Waals surface area contributed by atoms with Gasteiger partial charge in [0.2, 0.25) is 0 Å². The topological polar surface area (TPSA) is 74.0 Å². The van der Waals surface area contributed by atoms with E-state index in [1.54, 1.807) is 30.3 Å². The van der Waals surface area contributed by atoms with Crippen molar-refractivity contribution in [1.82, 2.24) is 10.3 Å². The number of H-pyrrole nitrogens is 1. The van der Waals surface area contributed by atoms with Gasteiger partial charge in [-0.15, -0.1) is 0 Å². The van der Waals surface area contributed by atoms with Crippen LogP contribution in [0.1, 0.15) is 16.7 Å². The molecule has 3 aromatic rings. The number of benzene rings is 2. The molecule has 0 bridgehead atoms. The van der Waals surface area contributed by atoms with Crippen LogP contribution in [0.5, 0.6) is 0 Å². The van der Waals surface area contributed by atoms with Gasteiger partial charge in [-0.1, -0.05) is 17.7 Å². The third-order valence-corrected chi connectivity index (χ3v) is 4.29. The predicted octanol–water partition coefficient (Wildman–Crippen LogP) is 4.12. The summed E-state index contributed by atoms with van der Waals surface area (Å²) in [5.41, 5.74) is 3.94. The first kappa shape index (κ1) is 17.0. The number of rotatable bonds is 3. The molecule has 1 aromatic heterocycles. The maximum absolute atomic E-state index is 12.2. The summed E-state index contributed by atoms with van der Waals surface area (Å²) in [6.45, 7) is 4.16. The number of aromatic nitrogens is 1. The Morgan fingerprint density at radius 1 is 1.12 bits per heavy atom. The van der Waals surface area contributed by atoms with E-state index >= 15 is 0 Å². The third-order valence-electron chi connectivity index (χ3n) is 4.06. The highest BCUT2D eigenvalue weighted by Gasteiger charge is 2.07. The number of fused-ring (bicyclic) bond motifs is 1. The Hall–Kier alpha value is -2.79. The van der Waals surface area contributed by atoms with Crippen molar-refractivity contribution in [2.45, 2.75) is 20.4 Å². The lowest BCUT2D eigenvalue weighted by atomic mass is 10.1. The average molecular weight is 356 g/mol. The average Bonchev–Trinajstić information content (AvgIpc) is 2.55. The fraction of sp³-hybridized carbons (Fsp3) is 0.158. The van der Waals surface area contributed by atoms with Crippen LogP contribution in [-0.2, 0) is 6.54 Å². The quantitative estimate of drug-likeness (QED) is 0.661. The number of anilines is 1. The molecule has 5 nitrogen and oxygen atoms in total. The molecule has 0 saturated heterocycles. The van der Waals surface area contributed by atoms with E-state index < -0.39 is 6.03 Å². The van der Waals surface area contributed by atoms with Crippen molar-refractivity contribution in [3.63, 3.8) is 0 Å². The number of pyridine rings is 1. The summed E-state index contributed by atoms with van der Waals surface area (Å²) in [7, 11) is 0. The highest BCUT2D eigenvalue weighted by Crippen LogP contribution is 2.17. The van der Waals surface area contributed by atoms with E-state index in [4.69, 9.17) is 11.6 Å². The van der Waals surface area contributed by atoms with Gasteiger partial charge in [0.25, 0.3) is 5.56 Å². The Kier molecular flexibility index (Phi) is 4.76. The van der Waals surface area contributed by atoms with E-state index in [2.05, 4.69) is 15.6 Å². The van der Waals surface area contributed by atoms with Gasteiger partial charge in [-0.25, -0.2) is 4.79 Å². The SMILES string of the molecule is Cc1cc2cc(CNC(=O)Nc3cccc(Cl)c3)c(=O)[nH]c2cc1C. The number of hydrogen-bond donors (Lipinski definition) is 3. The van der Waals surface area contributed by atoms with Crippen LogP contribution in [0.4, 0.5) is 10.5 Å². The van der Waals surface area contributed by atoms with Crippen molar-refractivity contribution in [3.05, 3.63) is 74.5 Å². The van der Waals surface area contributed by atoms with Crippen LogP contribution in [-0.4, -0.2) is 11.0 Å². The second kappa shape index (κ2) is 6.99. The normalized spacial score (nSPS) is 10.7. The Morgan fingerprint density at radius 3 is 2.64 bits per heavy atom. The van der Waals surface area contributed by atoms with Crippen LogP contribution in [0.15, 0.2) is 47.3 Å². The molecule has 2 aromatic carbocycles. The smallest absolute Gasteiger partial charge is 0.319 e. The number of carbonyl (C=O) groups excluding carboxylic acids is 1. The van der Waals surface area contributed by atoms with Crippen LogP contribution in [0.2, 0.25) is 5.02 Å². The van der Waals surface area contributed by atoms with Gasteiger partial charge >= 0.3 is 6.03 Å². The van der Waals surface area contributed by atoms with Crippen molar-refractivity contribution >= 4 is 34.2 Å². The van der Waals surface area contributed by atoms with Crippen LogP contribution >= 0.6 is 11.6 Å². The van der Waals surface area contributed by atoms with Gasteiger partial charge in [-0.2, -0.15) is 0 Å². The summed E-state index contributed by atoms with van der Waals surface area (Å²) in [4.78, 5) is 27.1. The minimum Gasteiger partial charge on any atom is -0.334 e. The lowest BCUT2D eigenvalue weighted by molar-refractivity contribution is 0.251. The van der Waals surface area contributed by atoms with Crippen molar-refractivity contribution < 1.29 is 4.79 Å². The number of amides is 2. The lowest BCUT2D eigenvalue weighted by Crippen LogP contribution is -2.30. The van der Waals surface area contributed by atoms with E-state index in [1.165, 1.54) is 0 Å². The summed E-state index contributed by atoms with van der Waals surface area (Å²) < 4.78 is 0. The summed E-state index contributed by atoms with van der Waals surface area (Å²) in [5, 5.41) is 6.84. The second-order valence-electron chi connectivity index (χ2n) is 5.97. The van der Waals surface area contributed by atoms with Crippen molar-refractivity contribution in [2.24, 2.45) is 0 Å².